The summed E-state index contributed by atoms with van der Waals surface area (Å²) < 4.78 is 0. The van der Waals surface area contributed by atoms with Crippen LogP contribution in [0.4, 0.5) is 0 Å². The lowest BCUT2D eigenvalue weighted by atomic mass is 10.1. The highest BCUT2D eigenvalue weighted by Gasteiger charge is 2.18. The largest absolute Gasteiger partial charge is 0.481 e. The zero-order chi connectivity index (χ0) is 27.6. The molecule has 0 saturated heterocycles. The number of carboxylic acid groups (broad SMARTS) is 3. The van der Waals surface area contributed by atoms with E-state index in [-0.39, 0.29) is 6.04 Å². The number of hydrogen-bond acceptors (Lipinski definition) is 6. The number of rotatable bonds is 19. The van der Waals surface area contributed by atoms with Gasteiger partial charge < -0.3 is 21.1 Å². The molecule has 0 heterocycles. The van der Waals surface area contributed by atoms with Gasteiger partial charge in [0.15, 0.2) is 0 Å². The summed E-state index contributed by atoms with van der Waals surface area (Å²) in [5.74, 6) is -2.21. The van der Waals surface area contributed by atoms with Crippen LogP contribution < -0.4 is 5.73 Å². The van der Waals surface area contributed by atoms with Crippen molar-refractivity contribution < 1.29 is 29.7 Å². The summed E-state index contributed by atoms with van der Waals surface area (Å²) in [6, 6.07) is -0.770. The van der Waals surface area contributed by atoms with Gasteiger partial charge in [0.25, 0.3) is 0 Å². The van der Waals surface area contributed by atoms with Gasteiger partial charge in [0.05, 0.1) is 0 Å². The van der Waals surface area contributed by atoms with E-state index >= 15 is 0 Å². The van der Waals surface area contributed by atoms with Crippen molar-refractivity contribution >= 4 is 17.9 Å². The SMILES string of the molecule is CC(C(=O)O)N(C)C.CCCCCCCCCCCCCC(=O)O.CN(C)C(CCCN)C(=O)O. The molecule has 0 amide bonds. The van der Waals surface area contributed by atoms with Gasteiger partial charge in [0.1, 0.15) is 12.1 Å². The van der Waals surface area contributed by atoms with Gasteiger partial charge >= 0.3 is 17.9 Å². The number of nitrogens with zero attached hydrogens (tertiary/aromatic N) is 2. The third kappa shape index (κ3) is 30.3. The van der Waals surface area contributed by atoms with Crippen molar-refractivity contribution in [3.05, 3.63) is 0 Å². The molecule has 2 unspecified atom stereocenters. The summed E-state index contributed by atoms with van der Waals surface area (Å²) >= 11 is 0. The van der Waals surface area contributed by atoms with Gasteiger partial charge in [-0.1, -0.05) is 71.1 Å². The van der Waals surface area contributed by atoms with Gasteiger partial charge in [0.2, 0.25) is 0 Å². The zero-order valence-corrected chi connectivity index (χ0v) is 23.3. The Labute approximate surface area is 214 Å². The molecule has 0 fully saturated rings. The number of aliphatic carboxylic acids is 3. The Kier molecular flexibility index (Phi) is 29.1. The van der Waals surface area contributed by atoms with Gasteiger partial charge in [-0.3, -0.25) is 24.2 Å². The van der Waals surface area contributed by atoms with E-state index < -0.39 is 23.9 Å². The fourth-order valence-electron chi connectivity index (χ4n) is 3.08. The molecule has 0 aliphatic rings. The van der Waals surface area contributed by atoms with Gasteiger partial charge in [-0.25, -0.2) is 0 Å². The Balaban J connectivity index is -0.000000469. The Bertz CT molecular complexity index is 515. The van der Waals surface area contributed by atoms with Crippen LogP contribution in [0.3, 0.4) is 0 Å². The second kappa shape index (κ2) is 26.9. The number of carbonyl (C=O) groups is 3. The van der Waals surface area contributed by atoms with E-state index in [0.717, 1.165) is 19.3 Å². The monoisotopic (exact) mass is 505 g/mol. The number of unbranched alkanes of at least 4 members (excludes halogenated alkanes) is 10. The van der Waals surface area contributed by atoms with Crippen molar-refractivity contribution in [3.8, 4) is 0 Å². The molecule has 9 heteroatoms. The fraction of sp³-hybridized carbons (Fsp3) is 0.885. The molecule has 0 saturated carbocycles. The normalized spacial score (nSPS) is 12.3. The summed E-state index contributed by atoms with van der Waals surface area (Å²) in [6.07, 6.45) is 15.7. The molecule has 9 nitrogen and oxygen atoms in total. The molecule has 0 aromatic carbocycles. The molecule has 0 bridgehead atoms. The predicted octanol–water partition coefficient (Wildman–Crippen LogP) is 4.53. The van der Waals surface area contributed by atoms with Gasteiger partial charge in [-0.05, 0) is 60.9 Å². The van der Waals surface area contributed by atoms with E-state index in [1.807, 2.05) is 0 Å². The van der Waals surface area contributed by atoms with Crippen LogP contribution in [0.1, 0.15) is 104 Å². The molecule has 0 aliphatic heterocycles. The van der Waals surface area contributed by atoms with Crippen LogP contribution in [-0.2, 0) is 14.4 Å². The fourth-order valence-corrected chi connectivity index (χ4v) is 3.08. The minimum Gasteiger partial charge on any atom is -0.481 e. The third-order valence-electron chi connectivity index (χ3n) is 5.72. The first-order valence-electron chi connectivity index (χ1n) is 13.1. The maximum Gasteiger partial charge on any atom is 0.320 e. The van der Waals surface area contributed by atoms with Crippen molar-refractivity contribution in [3.63, 3.8) is 0 Å². The average molecular weight is 506 g/mol. The molecule has 0 radical (unpaired) electrons. The van der Waals surface area contributed by atoms with Crippen LogP contribution in [0.15, 0.2) is 0 Å². The molecular weight excluding hydrogens is 450 g/mol. The Morgan fingerprint density at radius 3 is 1.37 bits per heavy atom. The number of carboxylic acids is 3. The first kappa shape index (κ1) is 37.8. The summed E-state index contributed by atoms with van der Waals surface area (Å²) in [6.45, 7) is 4.44. The summed E-state index contributed by atoms with van der Waals surface area (Å²) in [4.78, 5) is 34.3. The van der Waals surface area contributed by atoms with E-state index in [9.17, 15) is 14.4 Å². The van der Waals surface area contributed by atoms with Gasteiger partial charge in [-0.2, -0.15) is 0 Å². The number of hydrogen-bond donors (Lipinski definition) is 4. The Morgan fingerprint density at radius 2 is 1.11 bits per heavy atom. The average Bonchev–Trinajstić information content (AvgIpc) is 2.77. The van der Waals surface area contributed by atoms with E-state index in [4.69, 9.17) is 21.1 Å². The highest BCUT2D eigenvalue weighted by molar-refractivity contribution is 5.73. The first-order chi connectivity index (χ1) is 16.4. The second-order valence-electron chi connectivity index (χ2n) is 9.41. The maximum atomic E-state index is 10.6. The van der Waals surface area contributed by atoms with Crippen molar-refractivity contribution in [2.75, 3.05) is 34.7 Å². The molecule has 35 heavy (non-hydrogen) atoms. The number of nitrogens with two attached hydrogens (primary N) is 1. The molecule has 0 aromatic rings. The van der Waals surface area contributed by atoms with E-state index in [1.54, 1.807) is 44.9 Å². The topological polar surface area (TPSA) is 144 Å². The molecular formula is C26H55N3O6. The number of likely N-dealkylation sites (N-methyl/N-ethyl adjacent to an activating group) is 2. The van der Waals surface area contributed by atoms with Crippen molar-refractivity contribution in [1.29, 1.82) is 0 Å². The summed E-state index contributed by atoms with van der Waals surface area (Å²) in [5, 5.41) is 25.5. The van der Waals surface area contributed by atoms with Crippen molar-refractivity contribution in [2.24, 2.45) is 5.73 Å². The molecule has 2 atom stereocenters. The molecule has 0 rings (SSSR count). The summed E-state index contributed by atoms with van der Waals surface area (Å²) in [5.41, 5.74) is 5.27. The van der Waals surface area contributed by atoms with E-state index in [1.165, 1.54) is 57.8 Å². The first-order valence-corrected chi connectivity index (χ1v) is 13.1. The van der Waals surface area contributed by atoms with E-state index in [0.29, 0.717) is 19.4 Å². The highest BCUT2D eigenvalue weighted by Crippen LogP contribution is 2.11. The van der Waals surface area contributed by atoms with Crippen molar-refractivity contribution in [1.82, 2.24) is 9.80 Å². The Morgan fingerprint density at radius 1 is 0.686 bits per heavy atom. The van der Waals surface area contributed by atoms with Crippen LogP contribution in [0, 0.1) is 0 Å². The molecule has 0 spiro atoms. The lowest BCUT2D eigenvalue weighted by Gasteiger charge is -2.19. The van der Waals surface area contributed by atoms with Gasteiger partial charge in [0, 0.05) is 6.42 Å². The third-order valence-corrected chi connectivity index (χ3v) is 5.72. The van der Waals surface area contributed by atoms with Crippen LogP contribution in [0.25, 0.3) is 0 Å². The standard InChI is InChI=1S/C14H28O2.C7H16N2O2.C5H11NO2/c1-2-3-4-5-6-7-8-9-10-11-12-13-14(15)16;1-9(2)6(7(10)11)4-3-5-8;1-4(5(7)8)6(2)3/h2-13H2,1H3,(H,15,16);6H,3-5,8H2,1-2H3,(H,10,11);4H,1-3H3,(H,7,8). The quantitative estimate of drug-likeness (QED) is 0.186. The molecule has 5 N–H and O–H groups in total. The summed E-state index contributed by atoms with van der Waals surface area (Å²) in [7, 11) is 6.99. The van der Waals surface area contributed by atoms with Crippen LogP contribution in [0.2, 0.25) is 0 Å². The minimum atomic E-state index is -0.782. The molecule has 210 valence electrons. The predicted molar refractivity (Wildman–Crippen MR) is 143 cm³/mol. The van der Waals surface area contributed by atoms with Crippen LogP contribution in [0.5, 0.6) is 0 Å². The second-order valence-corrected chi connectivity index (χ2v) is 9.41. The smallest absolute Gasteiger partial charge is 0.320 e. The Hall–Kier alpha value is -1.71. The molecule has 0 aliphatic carbocycles. The van der Waals surface area contributed by atoms with Crippen LogP contribution >= 0.6 is 0 Å². The van der Waals surface area contributed by atoms with Crippen LogP contribution in [-0.4, -0.2) is 89.8 Å². The lowest BCUT2D eigenvalue weighted by Crippen LogP contribution is -2.35. The maximum absolute atomic E-state index is 10.6. The molecule has 0 aromatic heterocycles. The zero-order valence-electron chi connectivity index (χ0n) is 23.3. The minimum absolute atomic E-state index is 0.344. The van der Waals surface area contributed by atoms with E-state index in [2.05, 4.69) is 6.92 Å². The lowest BCUT2D eigenvalue weighted by molar-refractivity contribution is -0.143. The van der Waals surface area contributed by atoms with Gasteiger partial charge in [-0.15, -0.1) is 0 Å². The van der Waals surface area contributed by atoms with Crippen molar-refractivity contribution in [2.45, 2.75) is 116 Å². The highest BCUT2D eigenvalue weighted by atomic mass is 16.4.